The van der Waals surface area contributed by atoms with E-state index in [1.807, 2.05) is 5.38 Å². The maximum absolute atomic E-state index is 13.3. The lowest BCUT2D eigenvalue weighted by Crippen LogP contribution is -2.23. The number of carbonyl (C=O) groups is 1. The number of anilines is 1. The van der Waals surface area contributed by atoms with Crippen molar-refractivity contribution >= 4 is 65.9 Å². The number of fused-ring (bicyclic) bond motifs is 2. The molecule has 4 aromatic rings. The molecular weight excluding hydrogens is 419 g/mol. The highest BCUT2D eigenvalue weighted by molar-refractivity contribution is 7.99. The van der Waals surface area contributed by atoms with Crippen molar-refractivity contribution in [2.75, 3.05) is 11.1 Å². The van der Waals surface area contributed by atoms with Crippen molar-refractivity contribution in [3.05, 3.63) is 58.5 Å². The molecule has 142 valence electrons. The summed E-state index contributed by atoms with van der Waals surface area (Å²) in [6.07, 6.45) is 1.62. The standard InChI is InChI=1S/C18H13FN4O2S3/c1-2-6-23-16(25)11-5-7-26-15(11)22-18(23)27-9-14(24)21-17-20-12-4-3-10(19)8-13(12)28-17/h2-5,7-8H,1,6,9H2,(H,20,21,24). The van der Waals surface area contributed by atoms with E-state index >= 15 is 0 Å². The summed E-state index contributed by atoms with van der Waals surface area (Å²) in [4.78, 5) is 34.3. The van der Waals surface area contributed by atoms with Gasteiger partial charge in [-0.25, -0.2) is 14.4 Å². The number of aromatic nitrogens is 3. The Labute approximate surface area is 170 Å². The number of rotatable bonds is 6. The fourth-order valence-electron chi connectivity index (χ4n) is 2.57. The van der Waals surface area contributed by atoms with Crippen LogP contribution in [0, 0.1) is 5.82 Å². The molecule has 0 atom stereocenters. The van der Waals surface area contributed by atoms with E-state index in [4.69, 9.17) is 0 Å². The number of nitrogens with one attached hydrogen (secondary N) is 1. The number of benzene rings is 1. The van der Waals surface area contributed by atoms with Crippen molar-refractivity contribution in [2.24, 2.45) is 0 Å². The first kappa shape index (κ1) is 18.8. The second-order valence-corrected chi connectivity index (χ2v) is 8.57. The van der Waals surface area contributed by atoms with Gasteiger partial charge in [-0.3, -0.25) is 14.2 Å². The van der Waals surface area contributed by atoms with Crippen LogP contribution in [-0.4, -0.2) is 26.2 Å². The maximum Gasteiger partial charge on any atom is 0.263 e. The average molecular weight is 433 g/mol. The van der Waals surface area contributed by atoms with E-state index < -0.39 is 0 Å². The lowest BCUT2D eigenvalue weighted by atomic mass is 10.3. The summed E-state index contributed by atoms with van der Waals surface area (Å²) >= 11 is 3.75. The Hall–Kier alpha value is -2.56. The molecule has 1 amide bonds. The van der Waals surface area contributed by atoms with E-state index in [9.17, 15) is 14.0 Å². The summed E-state index contributed by atoms with van der Waals surface area (Å²) in [5, 5.41) is 5.94. The minimum absolute atomic E-state index is 0.0603. The van der Waals surface area contributed by atoms with Gasteiger partial charge in [-0.1, -0.05) is 29.2 Å². The maximum atomic E-state index is 13.3. The van der Waals surface area contributed by atoms with E-state index in [2.05, 4.69) is 21.9 Å². The first-order valence-corrected chi connectivity index (χ1v) is 10.8. The minimum Gasteiger partial charge on any atom is -0.301 e. The van der Waals surface area contributed by atoms with Crippen LogP contribution < -0.4 is 10.9 Å². The van der Waals surface area contributed by atoms with Crippen LogP contribution in [0.2, 0.25) is 0 Å². The molecule has 3 aromatic heterocycles. The number of nitrogens with zero attached hydrogens (tertiary/aromatic N) is 3. The highest BCUT2D eigenvalue weighted by atomic mass is 32.2. The monoisotopic (exact) mass is 432 g/mol. The summed E-state index contributed by atoms with van der Waals surface area (Å²) in [5.74, 6) is -0.569. The Kier molecular flexibility index (Phi) is 5.25. The largest absolute Gasteiger partial charge is 0.301 e. The topological polar surface area (TPSA) is 76.9 Å². The average Bonchev–Trinajstić information content (AvgIpc) is 3.28. The van der Waals surface area contributed by atoms with Crippen molar-refractivity contribution in [3.8, 4) is 0 Å². The molecule has 0 radical (unpaired) electrons. The van der Waals surface area contributed by atoms with Crippen molar-refractivity contribution in [1.29, 1.82) is 0 Å². The van der Waals surface area contributed by atoms with Crippen molar-refractivity contribution in [2.45, 2.75) is 11.7 Å². The summed E-state index contributed by atoms with van der Waals surface area (Å²) in [5.41, 5.74) is 0.473. The molecule has 6 nitrogen and oxygen atoms in total. The van der Waals surface area contributed by atoms with Crippen LogP contribution in [0.5, 0.6) is 0 Å². The summed E-state index contributed by atoms with van der Waals surface area (Å²) in [6.45, 7) is 3.99. The van der Waals surface area contributed by atoms with Crippen LogP contribution in [0.25, 0.3) is 20.4 Å². The number of allylic oxidation sites excluding steroid dienone is 1. The molecule has 0 spiro atoms. The van der Waals surface area contributed by atoms with E-state index in [0.717, 1.165) is 0 Å². The SMILES string of the molecule is C=CCn1c(SCC(=O)Nc2nc3ccc(F)cc3s2)nc2sccc2c1=O. The molecule has 0 saturated carbocycles. The molecule has 1 N–H and O–H groups in total. The zero-order valence-corrected chi connectivity index (χ0v) is 16.8. The number of hydrogen-bond acceptors (Lipinski definition) is 7. The third-order valence-corrected chi connectivity index (χ3v) is 6.51. The Morgan fingerprint density at radius 2 is 2.21 bits per heavy atom. The Bertz CT molecular complexity index is 1260. The molecule has 1 aromatic carbocycles. The molecule has 3 heterocycles. The zero-order chi connectivity index (χ0) is 19.7. The third-order valence-electron chi connectivity index (χ3n) is 3.79. The number of thiazole rings is 1. The normalized spacial score (nSPS) is 11.2. The molecule has 10 heteroatoms. The summed E-state index contributed by atoms with van der Waals surface area (Å²) in [6, 6.07) is 6.02. The number of thiophene rings is 1. The van der Waals surface area contributed by atoms with Gasteiger partial charge in [-0.15, -0.1) is 17.9 Å². The molecule has 0 aliphatic heterocycles. The first-order valence-electron chi connectivity index (χ1n) is 8.13. The van der Waals surface area contributed by atoms with Gasteiger partial charge in [0.1, 0.15) is 10.6 Å². The van der Waals surface area contributed by atoms with Crippen LogP contribution in [0.15, 0.2) is 52.3 Å². The van der Waals surface area contributed by atoms with Crippen molar-refractivity contribution in [1.82, 2.24) is 14.5 Å². The molecule has 0 fully saturated rings. The predicted molar refractivity (Wildman–Crippen MR) is 113 cm³/mol. The van der Waals surface area contributed by atoms with Gasteiger partial charge in [-0.05, 0) is 29.6 Å². The fraction of sp³-hybridized carbons (Fsp3) is 0.111. The second-order valence-electron chi connectivity index (χ2n) is 5.71. The predicted octanol–water partition coefficient (Wildman–Crippen LogP) is 4.12. The Morgan fingerprint density at radius 3 is 3.04 bits per heavy atom. The minimum atomic E-state index is -0.347. The highest BCUT2D eigenvalue weighted by Gasteiger charge is 2.14. The number of thioether (sulfide) groups is 1. The van der Waals surface area contributed by atoms with E-state index in [0.29, 0.717) is 37.3 Å². The second kappa shape index (κ2) is 7.82. The summed E-state index contributed by atoms with van der Waals surface area (Å²) in [7, 11) is 0. The Morgan fingerprint density at radius 1 is 1.36 bits per heavy atom. The number of hydrogen-bond donors (Lipinski definition) is 1. The lowest BCUT2D eigenvalue weighted by Gasteiger charge is -2.09. The molecular formula is C18H13FN4O2S3. The van der Waals surface area contributed by atoms with Gasteiger partial charge in [0, 0.05) is 6.54 Å². The van der Waals surface area contributed by atoms with Crippen LogP contribution in [-0.2, 0) is 11.3 Å². The molecule has 0 bridgehead atoms. The zero-order valence-electron chi connectivity index (χ0n) is 14.3. The van der Waals surface area contributed by atoms with E-state index in [-0.39, 0.29) is 23.0 Å². The molecule has 0 saturated heterocycles. The van der Waals surface area contributed by atoms with Gasteiger partial charge in [0.25, 0.3) is 5.56 Å². The van der Waals surface area contributed by atoms with Gasteiger partial charge in [0.2, 0.25) is 5.91 Å². The van der Waals surface area contributed by atoms with Gasteiger partial charge >= 0.3 is 0 Å². The molecule has 0 unspecified atom stereocenters. The number of halogens is 1. The molecule has 28 heavy (non-hydrogen) atoms. The van der Waals surface area contributed by atoms with Crippen LogP contribution in [0.1, 0.15) is 0 Å². The van der Waals surface area contributed by atoms with Crippen LogP contribution >= 0.6 is 34.4 Å². The molecule has 4 rings (SSSR count). The molecule has 0 aliphatic rings. The fourth-order valence-corrected chi connectivity index (χ4v) is 5.09. The van der Waals surface area contributed by atoms with E-state index in [1.165, 1.54) is 51.1 Å². The quantitative estimate of drug-likeness (QED) is 0.282. The smallest absolute Gasteiger partial charge is 0.263 e. The van der Waals surface area contributed by atoms with Crippen LogP contribution in [0.3, 0.4) is 0 Å². The van der Waals surface area contributed by atoms with Gasteiger partial charge < -0.3 is 5.32 Å². The first-order chi connectivity index (χ1) is 13.5. The van der Waals surface area contributed by atoms with E-state index in [1.54, 1.807) is 18.2 Å². The molecule has 0 aliphatic carbocycles. The Balaban J connectivity index is 1.51. The highest BCUT2D eigenvalue weighted by Crippen LogP contribution is 2.27. The van der Waals surface area contributed by atoms with Gasteiger partial charge in [-0.2, -0.15) is 0 Å². The van der Waals surface area contributed by atoms with Gasteiger partial charge in [0.05, 0.1) is 21.4 Å². The van der Waals surface area contributed by atoms with Crippen molar-refractivity contribution < 1.29 is 9.18 Å². The number of carbonyl (C=O) groups excluding carboxylic acids is 1. The summed E-state index contributed by atoms with van der Waals surface area (Å²) < 4.78 is 15.4. The lowest BCUT2D eigenvalue weighted by molar-refractivity contribution is -0.113. The van der Waals surface area contributed by atoms with Crippen molar-refractivity contribution in [3.63, 3.8) is 0 Å². The number of amides is 1. The third kappa shape index (κ3) is 3.71. The van der Waals surface area contributed by atoms with Crippen LogP contribution in [0.4, 0.5) is 9.52 Å². The van der Waals surface area contributed by atoms with Gasteiger partial charge in [0.15, 0.2) is 10.3 Å².